The Morgan fingerprint density at radius 2 is 1.88 bits per heavy atom. The molecule has 0 saturated heterocycles. The van der Waals surface area contributed by atoms with Gasteiger partial charge >= 0.3 is 0 Å². The normalized spacial score (nSPS) is 12.3. The number of carbonyl (C=O) groups is 1. The van der Waals surface area contributed by atoms with Crippen molar-refractivity contribution in [2.45, 2.75) is 13.3 Å². The molecule has 1 amide bonds. The summed E-state index contributed by atoms with van der Waals surface area (Å²) in [7, 11) is 0. The monoisotopic (exact) mass is 246 g/mol. The second kappa shape index (κ2) is 5.67. The van der Waals surface area contributed by atoms with Crippen LogP contribution in [0.1, 0.15) is 13.3 Å². The van der Waals surface area contributed by atoms with Gasteiger partial charge in [-0.3, -0.25) is 4.79 Å². The Bertz CT molecular complexity index is 396. The summed E-state index contributed by atoms with van der Waals surface area (Å²) in [5.74, 6) is -5.14. The smallest absolute Gasteiger partial charge is 0.228 e. The van der Waals surface area contributed by atoms with Crippen LogP contribution in [0, 0.1) is 23.4 Å². The summed E-state index contributed by atoms with van der Waals surface area (Å²) < 4.78 is 38.4. The zero-order valence-electron chi connectivity index (χ0n) is 9.27. The van der Waals surface area contributed by atoms with E-state index < -0.39 is 29.3 Å². The number of amides is 1. The van der Waals surface area contributed by atoms with Crippen molar-refractivity contribution in [1.29, 1.82) is 0 Å². The van der Waals surface area contributed by atoms with Gasteiger partial charge in [-0.05, 0) is 6.42 Å². The van der Waals surface area contributed by atoms with Crippen molar-refractivity contribution in [2.75, 3.05) is 11.9 Å². The molecule has 3 nitrogen and oxygen atoms in total. The molecule has 6 heteroatoms. The van der Waals surface area contributed by atoms with Crippen molar-refractivity contribution in [3.63, 3.8) is 0 Å². The number of hydrogen-bond donors (Lipinski definition) is 2. The third-order valence-corrected chi connectivity index (χ3v) is 2.40. The topological polar surface area (TPSA) is 55.1 Å². The summed E-state index contributed by atoms with van der Waals surface area (Å²) in [6, 6.07) is 1.44. The van der Waals surface area contributed by atoms with Crippen LogP contribution in [-0.4, -0.2) is 12.5 Å². The Hall–Kier alpha value is -1.56. The molecule has 0 aliphatic rings. The maximum absolute atomic E-state index is 12.9. The van der Waals surface area contributed by atoms with Gasteiger partial charge in [0.1, 0.15) is 0 Å². The van der Waals surface area contributed by atoms with Crippen LogP contribution in [0.25, 0.3) is 0 Å². The molecule has 0 aliphatic heterocycles. The first-order valence-electron chi connectivity index (χ1n) is 5.15. The summed E-state index contributed by atoms with van der Waals surface area (Å²) in [6.45, 7) is 1.90. The van der Waals surface area contributed by atoms with Crippen molar-refractivity contribution in [3.8, 4) is 0 Å². The summed E-state index contributed by atoms with van der Waals surface area (Å²) in [6.07, 6.45) is 0.508. The molecule has 0 heterocycles. The van der Waals surface area contributed by atoms with Crippen LogP contribution >= 0.6 is 0 Å². The quantitative estimate of drug-likeness (QED) is 0.798. The number of halogens is 3. The molecule has 17 heavy (non-hydrogen) atoms. The summed E-state index contributed by atoms with van der Waals surface area (Å²) in [4.78, 5) is 11.6. The molecule has 1 unspecified atom stereocenters. The second-order valence-corrected chi connectivity index (χ2v) is 3.58. The Morgan fingerprint density at radius 1 is 1.35 bits per heavy atom. The molecule has 3 N–H and O–H groups in total. The van der Waals surface area contributed by atoms with E-state index >= 15 is 0 Å². The predicted octanol–water partition coefficient (Wildman–Crippen LogP) is 2.03. The lowest BCUT2D eigenvalue weighted by atomic mass is 10.1. The van der Waals surface area contributed by atoms with Gasteiger partial charge in [-0.15, -0.1) is 0 Å². The van der Waals surface area contributed by atoms with Gasteiger partial charge < -0.3 is 11.1 Å². The van der Waals surface area contributed by atoms with Gasteiger partial charge in [0, 0.05) is 24.4 Å². The van der Waals surface area contributed by atoms with Gasteiger partial charge in [0.25, 0.3) is 0 Å². The zero-order valence-corrected chi connectivity index (χ0v) is 9.27. The molecule has 1 rings (SSSR count). The van der Waals surface area contributed by atoms with Crippen LogP contribution < -0.4 is 11.1 Å². The highest BCUT2D eigenvalue weighted by molar-refractivity contribution is 5.92. The molecule has 1 aromatic carbocycles. The number of nitrogens with two attached hydrogens (primary N) is 1. The van der Waals surface area contributed by atoms with E-state index in [0.717, 1.165) is 12.1 Å². The van der Waals surface area contributed by atoms with Crippen LogP contribution in [0.4, 0.5) is 18.9 Å². The molecule has 0 bridgehead atoms. The molecule has 0 radical (unpaired) electrons. The van der Waals surface area contributed by atoms with Crippen LogP contribution in [0.5, 0.6) is 0 Å². The van der Waals surface area contributed by atoms with Gasteiger partial charge in [0.2, 0.25) is 5.91 Å². The maximum Gasteiger partial charge on any atom is 0.228 e. The molecular weight excluding hydrogens is 233 g/mol. The summed E-state index contributed by atoms with van der Waals surface area (Å²) >= 11 is 0. The largest absolute Gasteiger partial charge is 0.330 e. The predicted molar refractivity (Wildman–Crippen MR) is 57.8 cm³/mol. The third kappa shape index (κ3) is 3.20. The van der Waals surface area contributed by atoms with Gasteiger partial charge in [-0.1, -0.05) is 6.92 Å². The number of rotatable bonds is 4. The zero-order chi connectivity index (χ0) is 13.0. The summed E-state index contributed by atoms with van der Waals surface area (Å²) in [5.41, 5.74) is 5.23. The SMILES string of the molecule is CCC(CN)C(=O)Nc1cc(F)c(F)c(F)c1. The minimum Gasteiger partial charge on any atom is -0.330 e. The maximum atomic E-state index is 12.9. The Balaban J connectivity index is 2.85. The van der Waals surface area contributed by atoms with Crippen molar-refractivity contribution in [1.82, 2.24) is 0 Å². The minimum absolute atomic E-state index is 0.127. The molecule has 1 aromatic rings. The van der Waals surface area contributed by atoms with Crippen molar-refractivity contribution in [3.05, 3.63) is 29.6 Å². The van der Waals surface area contributed by atoms with Crippen LogP contribution in [-0.2, 0) is 4.79 Å². The molecule has 0 aromatic heterocycles. The number of anilines is 1. The first-order valence-corrected chi connectivity index (χ1v) is 5.15. The molecule has 94 valence electrons. The lowest BCUT2D eigenvalue weighted by Crippen LogP contribution is -2.28. The van der Waals surface area contributed by atoms with Crippen LogP contribution in [0.15, 0.2) is 12.1 Å². The Labute approximate surface area is 96.8 Å². The molecule has 0 saturated carbocycles. The number of benzene rings is 1. The average molecular weight is 246 g/mol. The number of hydrogen-bond acceptors (Lipinski definition) is 2. The first-order chi connectivity index (χ1) is 7.99. The highest BCUT2D eigenvalue weighted by atomic mass is 19.2. The fraction of sp³-hybridized carbons (Fsp3) is 0.364. The van der Waals surface area contributed by atoms with Crippen molar-refractivity contribution >= 4 is 11.6 Å². The van der Waals surface area contributed by atoms with Gasteiger partial charge in [0.15, 0.2) is 17.5 Å². The average Bonchev–Trinajstić information content (AvgIpc) is 2.27. The Kier molecular flexibility index (Phi) is 4.51. The summed E-state index contributed by atoms with van der Waals surface area (Å²) in [5, 5.41) is 2.29. The lowest BCUT2D eigenvalue weighted by Gasteiger charge is -2.12. The highest BCUT2D eigenvalue weighted by Gasteiger charge is 2.16. The fourth-order valence-corrected chi connectivity index (χ4v) is 1.33. The van der Waals surface area contributed by atoms with E-state index in [1.165, 1.54) is 0 Å². The molecule has 0 fully saturated rings. The van der Waals surface area contributed by atoms with Crippen molar-refractivity contribution in [2.24, 2.45) is 11.7 Å². The van der Waals surface area contributed by atoms with Gasteiger partial charge in [-0.2, -0.15) is 0 Å². The van der Waals surface area contributed by atoms with Crippen molar-refractivity contribution < 1.29 is 18.0 Å². The van der Waals surface area contributed by atoms with Crippen LogP contribution in [0.2, 0.25) is 0 Å². The van der Waals surface area contributed by atoms with E-state index in [4.69, 9.17) is 5.73 Å². The van der Waals surface area contributed by atoms with E-state index in [2.05, 4.69) is 5.32 Å². The highest BCUT2D eigenvalue weighted by Crippen LogP contribution is 2.18. The van der Waals surface area contributed by atoms with E-state index in [0.29, 0.717) is 6.42 Å². The first kappa shape index (κ1) is 13.5. The van der Waals surface area contributed by atoms with E-state index in [1.54, 1.807) is 6.92 Å². The molecule has 0 aliphatic carbocycles. The van der Waals surface area contributed by atoms with E-state index in [1.807, 2.05) is 0 Å². The third-order valence-electron chi connectivity index (χ3n) is 2.40. The second-order valence-electron chi connectivity index (χ2n) is 3.58. The van der Waals surface area contributed by atoms with E-state index in [9.17, 15) is 18.0 Å². The van der Waals surface area contributed by atoms with Gasteiger partial charge in [-0.25, -0.2) is 13.2 Å². The van der Waals surface area contributed by atoms with Crippen LogP contribution in [0.3, 0.4) is 0 Å². The Morgan fingerprint density at radius 3 is 2.29 bits per heavy atom. The minimum atomic E-state index is -1.56. The van der Waals surface area contributed by atoms with E-state index in [-0.39, 0.29) is 12.2 Å². The molecule has 1 atom stereocenters. The fourth-order valence-electron chi connectivity index (χ4n) is 1.33. The number of nitrogens with one attached hydrogen (secondary N) is 1. The standard InChI is InChI=1S/C11H13F3N2O/c1-2-6(5-15)11(17)16-7-3-8(12)10(14)9(13)4-7/h3-4,6H,2,5,15H2,1H3,(H,16,17). The number of carbonyl (C=O) groups excluding carboxylic acids is 1. The van der Waals surface area contributed by atoms with Gasteiger partial charge in [0.05, 0.1) is 5.92 Å². The molecule has 0 spiro atoms. The molecular formula is C11H13F3N2O. The lowest BCUT2D eigenvalue weighted by molar-refractivity contribution is -0.119.